The van der Waals surface area contributed by atoms with Gasteiger partial charge in [0.2, 0.25) is 5.91 Å². The van der Waals surface area contributed by atoms with Crippen LogP contribution in [0.25, 0.3) is 5.69 Å². The highest BCUT2D eigenvalue weighted by atomic mass is 32.2. The van der Waals surface area contributed by atoms with Gasteiger partial charge in [0.1, 0.15) is 11.6 Å². The predicted octanol–water partition coefficient (Wildman–Crippen LogP) is 4.82. The molecule has 7 nitrogen and oxygen atoms in total. The third-order valence-electron chi connectivity index (χ3n) is 5.31. The third kappa shape index (κ3) is 5.95. The first kappa shape index (κ1) is 25.1. The molecule has 4 aromatic rings. The number of aromatic nitrogens is 3. The Morgan fingerprint density at radius 1 is 0.972 bits per heavy atom. The Kier molecular flexibility index (Phi) is 7.74. The number of rotatable bonds is 8. The van der Waals surface area contributed by atoms with Crippen molar-refractivity contribution in [1.29, 1.82) is 0 Å². The van der Waals surface area contributed by atoms with Gasteiger partial charge >= 0.3 is 0 Å². The summed E-state index contributed by atoms with van der Waals surface area (Å²) in [7, 11) is 0. The fourth-order valence-corrected chi connectivity index (χ4v) is 4.22. The molecule has 0 aliphatic carbocycles. The molecule has 0 bridgehead atoms. The van der Waals surface area contributed by atoms with Gasteiger partial charge in [-0.1, -0.05) is 36.0 Å². The largest absolute Gasteiger partial charge is 0.345 e. The van der Waals surface area contributed by atoms with Gasteiger partial charge in [-0.05, 0) is 67.4 Å². The van der Waals surface area contributed by atoms with Gasteiger partial charge in [0.15, 0.2) is 11.0 Å². The zero-order valence-electron chi connectivity index (χ0n) is 19.6. The van der Waals surface area contributed by atoms with E-state index in [-0.39, 0.29) is 23.8 Å². The van der Waals surface area contributed by atoms with Crippen molar-refractivity contribution in [2.24, 2.45) is 0 Å². The molecular formula is C26H23F2N5O2S. The SMILES string of the molecule is Cc1ccc(C)c(NC(=O)CSc2nnc(CNC(=O)c3ccccc3F)n2-c2ccc(F)cc2)c1. The fraction of sp³-hybridized carbons (Fsp3) is 0.154. The number of nitrogens with zero attached hydrogens (tertiary/aromatic N) is 3. The van der Waals surface area contributed by atoms with Gasteiger partial charge in [0.25, 0.3) is 5.91 Å². The van der Waals surface area contributed by atoms with Gasteiger partial charge in [-0.25, -0.2) is 8.78 Å². The number of nitrogens with one attached hydrogen (secondary N) is 2. The maximum atomic E-state index is 14.0. The summed E-state index contributed by atoms with van der Waals surface area (Å²) >= 11 is 1.15. The van der Waals surface area contributed by atoms with Gasteiger partial charge in [-0.15, -0.1) is 10.2 Å². The minimum atomic E-state index is -0.638. The number of benzene rings is 3. The zero-order valence-corrected chi connectivity index (χ0v) is 20.4. The molecule has 4 rings (SSSR count). The van der Waals surface area contributed by atoms with E-state index in [1.165, 1.54) is 30.3 Å². The molecule has 0 fully saturated rings. The van der Waals surface area contributed by atoms with Gasteiger partial charge in [0, 0.05) is 11.4 Å². The quantitative estimate of drug-likeness (QED) is 0.334. The van der Waals surface area contributed by atoms with Crippen molar-refractivity contribution in [3.05, 3.63) is 101 Å². The van der Waals surface area contributed by atoms with Crippen LogP contribution in [-0.4, -0.2) is 32.3 Å². The second-order valence-corrected chi connectivity index (χ2v) is 8.97. The number of carbonyl (C=O) groups is 2. The molecule has 10 heteroatoms. The second kappa shape index (κ2) is 11.1. The molecular weight excluding hydrogens is 484 g/mol. The first-order chi connectivity index (χ1) is 17.3. The lowest BCUT2D eigenvalue weighted by molar-refractivity contribution is -0.113. The molecule has 184 valence electrons. The first-order valence-electron chi connectivity index (χ1n) is 11.0. The highest BCUT2D eigenvalue weighted by molar-refractivity contribution is 7.99. The number of hydrogen-bond acceptors (Lipinski definition) is 5. The van der Waals surface area contributed by atoms with Crippen molar-refractivity contribution < 1.29 is 18.4 Å². The molecule has 2 N–H and O–H groups in total. The van der Waals surface area contributed by atoms with Crippen molar-refractivity contribution in [2.75, 3.05) is 11.1 Å². The Labute approximate surface area is 210 Å². The van der Waals surface area contributed by atoms with Crippen LogP contribution in [-0.2, 0) is 11.3 Å². The summed E-state index contributed by atoms with van der Waals surface area (Å²) in [6.07, 6.45) is 0. The van der Waals surface area contributed by atoms with Crippen LogP contribution in [0.3, 0.4) is 0 Å². The average Bonchev–Trinajstić information content (AvgIpc) is 3.27. The van der Waals surface area contributed by atoms with Crippen LogP contribution in [0.15, 0.2) is 71.9 Å². The van der Waals surface area contributed by atoms with Crippen molar-refractivity contribution >= 4 is 29.3 Å². The first-order valence-corrected chi connectivity index (χ1v) is 12.0. The number of thioether (sulfide) groups is 1. The minimum absolute atomic E-state index is 0.0499. The molecule has 0 saturated carbocycles. The summed E-state index contributed by atoms with van der Waals surface area (Å²) in [5, 5.41) is 14.2. The van der Waals surface area contributed by atoms with E-state index in [0.29, 0.717) is 16.7 Å². The third-order valence-corrected chi connectivity index (χ3v) is 6.24. The van der Waals surface area contributed by atoms with Gasteiger partial charge in [0.05, 0.1) is 17.9 Å². The maximum absolute atomic E-state index is 14.0. The summed E-state index contributed by atoms with van der Waals surface area (Å²) in [6, 6.07) is 17.1. The molecule has 1 heterocycles. The van der Waals surface area contributed by atoms with E-state index in [1.54, 1.807) is 22.8 Å². The van der Waals surface area contributed by atoms with Crippen LogP contribution in [0, 0.1) is 25.5 Å². The van der Waals surface area contributed by atoms with E-state index in [9.17, 15) is 18.4 Å². The molecule has 0 saturated heterocycles. The van der Waals surface area contributed by atoms with E-state index < -0.39 is 17.5 Å². The summed E-state index contributed by atoms with van der Waals surface area (Å²) in [5.41, 5.74) is 3.16. The standard InChI is InChI=1S/C26H23F2N5O2S/c1-16-7-8-17(2)22(13-16)30-24(34)15-36-26-32-31-23(33(26)19-11-9-18(27)10-12-19)14-29-25(35)20-5-3-4-6-21(20)28/h3-13H,14-15H2,1-2H3,(H,29,35)(H,30,34). The lowest BCUT2D eigenvalue weighted by Crippen LogP contribution is -2.25. The summed E-state index contributed by atoms with van der Waals surface area (Å²) in [6.45, 7) is 3.80. The predicted molar refractivity (Wildman–Crippen MR) is 134 cm³/mol. The van der Waals surface area contributed by atoms with Crippen LogP contribution < -0.4 is 10.6 Å². The smallest absolute Gasteiger partial charge is 0.254 e. The minimum Gasteiger partial charge on any atom is -0.345 e. The van der Waals surface area contributed by atoms with Crippen LogP contribution in [0.1, 0.15) is 27.3 Å². The van der Waals surface area contributed by atoms with E-state index in [2.05, 4.69) is 20.8 Å². The van der Waals surface area contributed by atoms with Gasteiger partial charge in [-0.3, -0.25) is 14.2 Å². The molecule has 3 aromatic carbocycles. The monoisotopic (exact) mass is 507 g/mol. The van der Waals surface area contributed by atoms with Gasteiger partial charge in [-0.2, -0.15) is 0 Å². The average molecular weight is 508 g/mol. The van der Waals surface area contributed by atoms with E-state index in [0.717, 1.165) is 28.6 Å². The molecule has 0 aliphatic rings. The number of hydrogen-bond donors (Lipinski definition) is 2. The lowest BCUT2D eigenvalue weighted by Gasteiger charge is -2.12. The number of aryl methyl sites for hydroxylation is 2. The summed E-state index contributed by atoms with van der Waals surface area (Å²) < 4.78 is 29.1. The van der Waals surface area contributed by atoms with Crippen LogP contribution in [0.5, 0.6) is 0 Å². The highest BCUT2D eigenvalue weighted by Gasteiger charge is 2.18. The fourth-order valence-electron chi connectivity index (χ4n) is 3.44. The maximum Gasteiger partial charge on any atom is 0.254 e. The van der Waals surface area contributed by atoms with Crippen molar-refractivity contribution in [1.82, 2.24) is 20.1 Å². The molecule has 0 spiro atoms. The van der Waals surface area contributed by atoms with Gasteiger partial charge < -0.3 is 10.6 Å². The van der Waals surface area contributed by atoms with Crippen molar-refractivity contribution in [3.8, 4) is 5.69 Å². The Balaban J connectivity index is 1.52. The molecule has 0 atom stereocenters. The van der Waals surface area contributed by atoms with E-state index in [1.807, 2.05) is 32.0 Å². The normalized spacial score (nSPS) is 10.8. The Morgan fingerprint density at radius 3 is 2.47 bits per heavy atom. The van der Waals surface area contributed by atoms with Crippen LogP contribution >= 0.6 is 11.8 Å². The number of halogens is 2. The number of anilines is 1. The highest BCUT2D eigenvalue weighted by Crippen LogP contribution is 2.24. The number of amides is 2. The molecule has 2 amide bonds. The number of carbonyl (C=O) groups excluding carboxylic acids is 2. The van der Waals surface area contributed by atoms with Crippen LogP contribution in [0.4, 0.5) is 14.5 Å². The summed E-state index contributed by atoms with van der Waals surface area (Å²) in [5.74, 6) is -1.50. The Hall–Kier alpha value is -4.05. The topological polar surface area (TPSA) is 88.9 Å². The molecule has 0 radical (unpaired) electrons. The molecule has 1 aromatic heterocycles. The van der Waals surface area contributed by atoms with Crippen molar-refractivity contribution in [3.63, 3.8) is 0 Å². The Bertz CT molecular complexity index is 1410. The van der Waals surface area contributed by atoms with E-state index in [4.69, 9.17) is 0 Å². The van der Waals surface area contributed by atoms with Crippen LogP contribution in [0.2, 0.25) is 0 Å². The van der Waals surface area contributed by atoms with Crippen molar-refractivity contribution in [2.45, 2.75) is 25.5 Å². The second-order valence-electron chi connectivity index (χ2n) is 8.03. The molecule has 36 heavy (non-hydrogen) atoms. The van der Waals surface area contributed by atoms with E-state index >= 15 is 0 Å². The molecule has 0 aliphatic heterocycles. The summed E-state index contributed by atoms with van der Waals surface area (Å²) in [4.78, 5) is 25.1. The zero-order chi connectivity index (χ0) is 25.7. The lowest BCUT2D eigenvalue weighted by atomic mass is 10.1. The Morgan fingerprint density at radius 2 is 1.72 bits per heavy atom. The molecule has 0 unspecified atom stereocenters.